The number of carbonyl (C=O) groups is 1. The smallest absolute Gasteiger partial charge is 0.254 e. The zero-order valence-electron chi connectivity index (χ0n) is 9.26. The van der Waals surface area contributed by atoms with Gasteiger partial charge in [0, 0.05) is 37.0 Å². The lowest BCUT2D eigenvalue weighted by molar-refractivity contribution is 0.0784. The monoisotopic (exact) mass is 234 g/mol. The van der Waals surface area contributed by atoms with Gasteiger partial charge in [0.15, 0.2) is 0 Å². The molecule has 17 heavy (non-hydrogen) atoms. The van der Waals surface area contributed by atoms with Crippen LogP contribution in [0.15, 0.2) is 41.3 Å². The van der Waals surface area contributed by atoms with Crippen LogP contribution in [0.5, 0.6) is 0 Å². The summed E-state index contributed by atoms with van der Waals surface area (Å²) in [5.74, 6) is -0.917. The molecule has 0 unspecified atom stereocenters. The predicted octanol–water partition coefficient (Wildman–Crippen LogP) is 2.09. The lowest BCUT2D eigenvalue weighted by Crippen LogP contribution is -2.26. The molecule has 2 heterocycles. The largest absolute Gasteiger partial charge is 0.472 e. The topological polar surface area (TPSA) is 46.3 Å². The van der Waals surface area contributed by atoms with E-state index < -0.39 is 5.95 Å². The molecule has 4 nitrogen and oxygen atoms in total. The number of nitrogens with zero attached hydrogens (tertiary/aromatic N) is 2. The molecular weight excluding hydrogens is 223 g/mol. The van der Waals surface area contributed by atoms with Crippen molar-refractivity contribution in [1.29, 1.82) is 0 Å². The van der Waals surface area contributed by atoms with Crippen molar-refractivity contribution in [3.8, 4) is 0 Å². The molecule has 0 bridgehead atoms. The Bertz CT molecular complexity index is 511. The first-order chi connectivity index (χ1) is 8.16. The van der Waals surface area contributed by atoms with Crippen LogP contribution in [-0.2, 0) is 6.54 Å². The van der Waals surface area contributed by atoms with Crippen molar-refractivity contribution < 1.29 is 13.6 Å². The third-order valence-electron chi connectivity index (χ3n) is 2.32. The third-order valence-corrected chi connectivity index (χ3v) is 2.32. The van der Waals surface area contributed by atoms with Crippen molar-refractivity contribution in [3.05, 3.63) is 54.0 Å². The predicted molar refractivity (Wildman–Crippen MR) is 58.7 cm³/mol. The van der Waals surface area contributed by atoms with Crippen LogP contribution in [0.4, 0.5) is 4.39 Å². The average molecular weight is 234 g/mol. The average Bonchev–Trinajstić information content (AvgIpc) is 2.80. The number of pyridine rings is 1. The standard InChI is InChI=1S/C12H11FN2O2/c1-15(7-9-3-5-17-8-9)12(16)10-2-4-14-11(13)6-10/h2-6,8H,7H2,1H3. The molecule has 0 saturated carbocycles. The van der Waals surface area contributed by atoms with Gasteiger partial charge in [0.1, 0.15) is 0 Å². The van der Waals surface area contributed by atoms with E-state index in [9.17, 15) is 9.18 Å². The van der Waals surface area contributed by atoms with E-state index in [0.29, 0.717) is 6.54 Å². The second-order valence-electron chi connectivity index (χ2n) is 3.66. The van der Waals surface area contributed by atoms with Crippen molar-refractivity contribution in [1.82, 2.24) is 9.88 Å². The Balaban J connectivity index is 2.09. The second-order valence-corrected chi connectivity index (χ2v) is 3.66. The molecule has 0 atom stereocenters. The van der Waals surface area contributed by atoms with Crippen LogP contribution in [0.1, 0.15) is 15.9 Å². The van der Waals surface area contributed by atoms with Gasteiger partial charge in [0.2, 0.25) is 5.95 Å². The Kier molecular flexibility index (Phi) is 3.18. The molecule has 1 amide bonds. The van der Waals surface area contributed by atoms with Crippen LogP contribution in [-0.4, -0.2) is 22.8 Å². The molecule has 0 fully saturated rings. The van der Waals surface area contributed by atoms with E-state index >= 15 is 0 Å². The van der Waals surface area contributed by atoms with Crippen molar-refractivity contribution in [2.45, 2.75) is 6.54 Å². The molecule has 2 rings (SSSR count). The zero-order valence-corrected chi connectivity index (χ0v) is 9.26. The van der Waals surface area contributed by atoms with Gasteiger partial charge in [-0.3, -0.25) is 4.79 Å². The van der Waals surface area contributed by atoms with Crippen LogP contribution < -0.4 is 0 Å². The minimum atomic E-state index is -0.660. The number of amides is 1. The number of aromatic nitrogens is 1. The van der Waals surface area contributed by atoms with Gasteiger partial charge in [-0.2, -0.15) is 4.39 Å². The fraction of sp³-hybridized carbons (Fsp3) is 0.167. The fourth-order valence-electron chi connectivity index (χ4n) is 1.48. The van der Waals surface area contributed by atoms with Crippen LogP contribution in [0.25, 0.3) is 0 Å². The minimum absolute atomic E-state index is 0.257. The van der Waals surface area contributed by atoms with Gasteiger partial charge in [0.25, 0.3) is 5.91 Å². The van der Waals surface area contributed by atoms with E-state index in [0.717, 1.165) is 11.6 Å². The van der Waals surface area contributed by atoms with E-state index in [1.165, 1.54) is 17.2 Å². The summed E-state index contributed by atoms with van der Waals surface area (Å²) in [6, 6.07) is 4.38. The van der Waals surface area contributed by atoms with E-state index in [1.807, 2.05) is 0 Å². The van der Waals surface area contributed by atoms with Crippen molar-refractivity contribution in [2.24, 2.45) is 0 Å². The molecular formula is C12H11FN2O2. The van der Waals surface area contributed by atoms with Gasteiger partial charge in [-0.1, -0.05) is 0 Å². The first kappa shape index (κ1) is 11.3. The highest BCUT2D eigenvalue weighted by Gasteiger charge is 2.13. The van der Waals surface area contributed by atoms with Crippen LogP contribution >= 0.6 is 0 Å². The van der Waals surface area contributed by atoms with Gasteiger partial charge < -0.3 is 9.32 Å². The Morgan fingerprint density at radius 3 is 3.00 bits per heavy atom. The Labute approximate surface area is 97.7 Å². The summed E-state index contributed by atoms with van der Waals surface area (Å²) >= 11 is 0. The number of rotatable bonds is 3. The van der Waals surface area contributed by atoms with Crippen LogP contribution in [0.3, 0.4) is 0 Å². The van der Waals surface area contributed by atoms with Crippen molar-refractivity contribution in [2.75, 3.05) is 7.05 Å². The highest BCUT2D eigenvalue weighted by molar-refractivity contribution is 5.93. The summed E-state index contributed by atoms with van der Waals surface area (Å²) in [4.78, 5) is 16.8. The normalized spacial score (nSPS) is 10.2. The Morgan fingerprint density at radius 2 is 2.35 bits per heavy atom. The first-order valence-corrected chi connectivity index (χ1v) is 5.05. The maximum absolute atomic E-state index is 12.9. The SMILES string of the molecule is CN(Cc1ccoc1)C(=O)c1ccnc(F)c1. The molecule has 0 aliphatic heterocycles. The molecule has 2 aromatic rings. The molecule has 2 aromatic heterocycles. The summed E-state index contributed by atoms with van der Waals surface area (Å²) in [5, 5.41) is 0. The highest BCUT2D eigenvalue weighted by Crippen LogP contribution is 2.09. The quantitative estimate of drug-likeness (QED) is 0.764. The van der Waals surface area contributed by atoms with Crippen LogP contribution in [0.2, 0.25) is 0 Å². The fourth-order valence-corrected chi connectivity index (χ4v) is 1.48. The molecule has 0 N–H and O–H groups in total. The van der Waals surface area contributed by atoms with E-state index in [-0.39, 0.29) is 11.5 Å². The maximum atomic E-state index is 12.9. The number of halogens is 1. The van der Waals surface area contributed by atoms with E-state index in [4.69, 9.17) is 4.42 Å². The summed E-state index contributed by atoms with van der Waals surface area (Å²) in [6.07, 6.45) is 4.38. The number of furan rings is 1. The zero-order chi connectivity index (χ0) is 12.3. The molecule has 0 spiro atoms. The molecule has 88 valence electrons. The lowest BCUT2D eigenvalue weighted by atomic mass is 10.2. The summed E-state index contributed by atoms with van der Waals surface area (Å²) in [7, 11) is 1.65. The molecule has 5 heteroatoms. The van der Waals surface area contributed by atoms with Crippen LogP contribution in [0, 0.1) is 5.95 Å². The Hall–Kier alpha value is -2.17. The maximum Gasteiger partial charge on any atom is 0.254 e. The summed E-state index contributed by atoms with van der Waals surface area (Å²) in [5.41, 5.74) is 1.17. The lowest BCUT2D eigenvalue weighted by Gasteiger charge is -2.15. The number of hydrogen-bond acceptors (Lipinski definition) is 3. The molecule has 0 aliphatic rings. The van der Waals surface area contributed by atoms with Crippen molar-refractivity contribution in [3.63, 3.8) is 0 Å². The van der Waals surface area contributed by atoms with Gasteiger partial charge in [-0.15, -0.1) is 0 Å². The first-order valence-electron chi connectivity index (χ1n) is 5.05. The minimum Gasteiger partial charge on any atom is -0.472 e. The summed E-state index contributed by atoms with van der Waals surface area (Å²) < 4.78 is 17.8. The molecule has 0 aromatic carbocycles. The molecule has 0 radical (unpaired) electrons. The van der Waals surface area contributed by atoms with E-state index in [1.54, 1.807) is 25.6 Å². The molecule has 0 aliphatic carbocycles. The third kappa shape index (κ3) is 2.69. The van der Waals surface area contributed by atoms with Crippen molar-refractivity contribution >= 4 is 5.91 Å². The number of carbonyl (C=O) groups excluding carboxylic acids is 1. The van der Waals surface area contributed by atoms with E-state index in [2.05, 4.69) is 4.98 Å². The number of hydrogen-bond donors (Lipinski definition) is 0. The van der Waals surface area contributed by atoms with Gasteiger partial charge in [0.05, 0.1) is 12.5 Å². The summed E-state index contributed by atoms with van der Waals surface area (Å²) in [6.45, 7) is 0.416. The highest BCUT2D eigenvalue weighted by atomic mass is 19.1. The van der Waals surface area contributed by atoms with Gasteiger partial charge >= 0.3 is 0 Å². The Morgan fingerprint density at radius 1 is 1.53 bits per heavy atom. The second kappa shape index (κ2) is 4.78. The molecule has 0 saturated heterocycles. The van der Waals surface area contributed by atoms with Gasteiger partial charge in [-0.25, -0.2) is 4.98 Å². The van der Waals surface area contributed by atoms with Gasteiger partial charge in [-0.05, 0) is 12.1 Å².